The molecule has 0 aliphatic carbocycles. The van der Waals surface area contributed by atoms with Gasteiger partial charge in [0.05, 0.1) is 0 Å². The van der Waals surface area contributed by atoms with Crippen molar-refractivity contribution in [1.82, 2.24) is 10.6 Å². The van der Waals surface area contributed by atoms with Crippen LogP contribution in [0.2, 0.25) is 0 Å². The first-order valence-electron chi connectivity index (χ1n) is 5.84. The van der Waals surface area contributed by atoms with E-state index >= 15 is 0 Å². The molecule has 0 aliphatic heterocycles. The summed E-state index contributed by atoms with van der Waals surface area (Å²) >= 11 is 0. The van der Waals surface area contributed by atoms with Crippen molar-refractivity contribution in [2.75, 3.05) is 6.54 Å². The normalized spacial score (nSPS) is 12.1. The van der Waals surface area contributed by atoms with Crippen molar-refractivity contribution in [2.45, 2.75) is 53.0 Å². The fourth-order valence-corrected chi connectivity index (χ4v) is 0.957. The largest absolute Gasteiger partial charge is 0.481 e. The number of rotatable bonds is 5. The van der Waals surface area contributed by atoms with Crippen LogP contribution in [0.4, 0.5) is 4.79 Å². The SMILES string of the molecule is CC(C)(C)C(C)(C)NC(=O)NCCCC(=O)O. The average molecular weight is 244 g/mol. The van der Waals surface area contributed by atoms with Crippen molar-refractivity contribution in [1.29, 1.82) is 0 Å². The van der Waals surface area contributed by atoms with Gasteiger partial charge in [0.2, 0.25) is 0 Å². The summed E-state index contributed by atoms with van der Waals surface area (Å²) in [6, 6.07) is -0.254. The fourth-order valence-electron chi connectivity index (χ4n) is 0.957. The molecule has 0 unspecified atom stereocenters. The molecule has 0 rings (SSSR count). The van der Waals surface area contributed by atoms with Gasteiger partial charge >= 0.3 is 12.0 Å². The van der Waals surface area contributed by atoms with Crippen molar-refractivity contribution in [3.63, 3.8) is 0 Å². The van der Waals surface area contributed by atoms with Crippen LogP contribution in [0.3, 0.4) is 0 Å². The summed E-state index contributed by atoms with van der Waals surface area (Å²) in [6.45, 7) is 10.5. The molecule has 0 saturated carbocycles. The lowest BCUT2D eigenvalue weighted by molar-refractivity contribution is -0.137. The lowest BCUT2D eigenvalue weighted by Crippen LogP contribution is -2.55. The Morgan fingerprint density at radius 1 is 1.12 bits per heavy atom. The van der Waals surface area contributed by atoms with Crippen LogP contribution in [-0.2, 0) is 4.79 Å². The van der Waals surface area contributed by atoms with Gasteiger partial charge in [0.25, 0.3) is 0 Å². The van der Waals surface area contributed by atoms with Crippen LogP contribution in [0.5, 0.6) is 0 Å². The van der Waals surface area contributed by atoms with Crippen LogP contribution in [0, 0.1) is 5.41 Å². The van der Waals surface area contributed by atoms with Gasteiger partial charge in [-0.25, -0.2) is 4.79 Å². The molecule has 0 aliphatic rings. The quantitative estimate of drug-likeness (QED) is 0.647. The highest BCUT2D eigenvalue weighted by Crippen LogP contribution is 2.29. The third kappa shape index (κ3) is 6.14. The van der Waals surface area contributed by atoms with Gasteiger partial charge in [0.15, 0.2) is 0 Å². The Hall–Kier alpha value is -1.26. The zero-order valence-corrected chi connectivity index (χ0v) is 11.4. The van der Waals surface area contributed by atoms with E-state index in [1.165, 1.54) is 0 Å². The van der Waals surface area contributed by atoms with Crippen LogP contribution >= 0.6 is 0 Å². The van der Waals surface area contributed by atoms with E-state index in [1.54, 1.807) is 0 Å². The third-order valence-electron chi connectivity index (χ3n) is 3.15. The molecular formula is C12H24N2O3. The number of amides is 2. The van der Waals surface area contributed by atoms with Crippen molar-refractivity contribution in [3.8, 4) is 0 Å². The van der Waals surface area contributed by atoms with Crippen LogP contribution in [0.25, 0.3) is 0 Å². The third-order valence-corrected chi connectivity index (χ3v) is 3.15. The number of hydrogen-bond donors (Lipinski definition) is 3. The minimum atomic E-state index is -0.845. The number of carboxylic acid groups (broad SMARTS) is 1. The summed E-state index contributed by atoms with van der Waals surface area (Å²) in [4.78, 5) is 21.9. The second kappa shape index (κ2) is 5.89. The number of carboxylic acids is 1. The Kier molecular flexibility index (Phi) is 5.45. The molecule has 0 fully saturated rings. The first-order valence-corrected chi connectivity index (χ1v) is 5.84. The van der Waals surface area contributed by atoms with Gasteiger partial charge in [-0.15, -0.1) is 0 Å². The maximum Gasteiger partial charge on any atom is 0.315 e. The number of carbonyl (C=O) groups excluding carboxylic acids is 1. The summed E-state index contributed by atoms with van der Waals surface area (Å²) in [7, 11) is 0. The van der Waals surface area contributed by atoms with E-state index in [9.17, 15) is 9.59 Å². The van der Waals surface area contributed by atoms with E-state index in [2.05, 4.69) is 31.4 Å². The molecule has 5 heteroatoms. The first-order chi connectivity index (χ1) is 7.56. The molecule has 17 heavy (non-hydrogen) atoms. The second-order valence-corrected chi connectivity index (χ2v) is 5.75. The topological polar surface area (TPSA) is 78.4 Å². The molecule has 0 radical (unpaired) electrons. The number of aliphatic carboxylic acids is 1. The highest BCUT2D eigenvalue weighted by Gasteiger charge is 2.33. The standard InChI is InChI=1S/C12H24N2O3/c1-11(2,3)12(4,5)14-10(17)13-8-6-7-9(15)16/h6-8H2,1-5H3,(H,15,16)(H2,13,14,17). The molecule has 0 heterocycles. The molecule has 0 aromatic carbocycles. The highest BCUT2D eigenvalue weighted by molar-refractivity contribution is 5.74. The lowest BCUT2D eigenvalue weighted by atomic mass is 9.76. The molecule has 0 spiro atoms. The van der Waals surface area contributed by atoms with E-state index < -0.39 is 5.97 Å². The van der Waals surface area contributed by atoms with Gasteiger partial charge in [-0.2, -0.15) is 0 Å². The van der Waals surface area contributed by atoms with Crippen molar-refractivity contribution in [2.24, 2.45) is 5.41 Å². The Bertz CT molecular complexity index is 280. The number of urea groups is 1. The minimum Gasteiger partial charge on any atom is -0.481 e. The van der Waals surface area contributed by atoms with Crippen LogP contribution in [0.15, 0.2) is 0 Å². The van der Waals surface area contributed by atoms with Gasteiger partial charge in [-0.1, -0.05) is 20.8 Å². The Balaban J connectivity index is 3.98. The molecule has 0 saturated heterocycles. The highest BCUT2D eigenvalue weighted by atomic mass is 16.4. The minimum absolute atomic E-state index is 0.0502. The van der Waals surface area contributed by atoms with Crippen LogP contribution in [0.1, 0.15) is 47.5 Å². The molecular weight excluding hydrogens is 220 g/mol. The summed E-state index contributed by atoms with van der Waals surface area (Å²) in [5.41, 5.74) is -0.380. The second-order valence-electron chi connectivity index (χ2n) is 5.75. The fraction of sp³-hybridized carbons (Fsp3) is 0.833. The van der Waals surface area contributed by atoms with Gasteiger partial charge in [0.1, 0.15) is 0 Å². The first kappa shape index (κ1) is 15.7. The lowest BCUT2D eigenvalue weighted by Gasteiger charge is -2.39. The molecule has 2 amide bonds. The summed E-state index contributed by atoms with van der Waals surface area (Å²) in [5, 5.41) is 14.0. The smallest absolute Gasteiger partial charge is 0.315 e. The summed E-state index contributed by atoms with van der Waals surface area (Å²) in [5.74, 6) is -0.845. The zero-order chi connectivity index (χ0) is 13.7. The summed E-state index contributed by atoms with van der Waals surface area (Å²) in [6.07, 6.45) is 0.516. The maximum absolute atomic E-state index is 11.6. The van der Waals surface area contributed by atoms with Crippen molar-refractivity contribution >= 4 is 12.0 Å². The zero-order valence-electron chi connectivity index (χ0n) is 11.4. The Morgan fingerprint density at radius 2 is 1.65 bits per heavy atom. The monoisotopic (exact) mass is 244 g/mol. The van der Waals surface area contributed by atoms with Gasteiger partial charge in [-0.3, -0.25) is 4.79 Å². The summed E-state index contributed by atoms with van der Waals surface area (Å²) < 4.78 is 0. The molecule has 0 atom stereocenters. The maximum atomic E-state index is 11.6. The molecule has 5 nitrogen and oxygen atoms in total. The Labute approximate surface area is 103 Å². The van der Waals surface area contributed by atoms with Crippen LogP contribution < -0.4 is 10.6 Å². The molecule has 0 aromatic rings. The van der Waals surface area contributed by atoms with E-state index in [1.807, 2.05) is 13.8 Å². The molecule has 100 valence electrons. The Morgan fingerprint density at radius 3 is 2.06 bits per heavy atom. The molecule has 3 N–H and O–H groups in total. The molecule has 0 bridgehead atoms. The van der Waals surface area contributed by atoms with E-state index in [-0.39, 0.29) is 23.4 Å². The van der Waals surface area contributed by atoms with Gasteiger partial charge in [0, 0.05) is 18.5 Å². The number of hydrogen-bond acceptors (Lipinski definition) is 2. The predicted octanol–water partition coefficient (Wildman–Crippen LogP) is 1.98. The van der Waals surface area contributed by atoms with Crippen molar-refractivity contribution < 1.29 is 14.7 Å². The van der Waals surface area contributed by atoms with Crippen LogP contribution in [-0.4, -0.2) is 29.2 Å². The predicted molar refractivity (Wildman–Crippen MR) is 66.9 cm³/mol. The van der Waals surface area contributed by atoms with E-state index in [4.69, 9.17) is 5.11 Å². The number of carbonyl (C=O) groups is 2. The average Bonchev–Trinajstić information content (AvgIpc) is 2.09. The van der Waals surface area contributed by atoms with Gasteiger partial charge in [-0.05, 0) is 25.7 Å². The molecule has 0 aromatic heterocycles. The number of nitrogens with one attached hydrogen (secondary N) is 2. The van der Waals surface area contributed by atoms with Crippen molar-refractivity contribution in [3.05, 3.63) is 0 Å². The van der Waals surface area contributed by atoms with Gasteiger partial charge < -0.3 is 15.7 Å². The van der Waals surface area contributed by atoms with E-state index in [0.717, 1.165) is 0 Å². The van der Waals surface area contributed by atoms with E-state index in [0.29, 0.717) is 13.0 Å².